The number of hydrogen-bond donors (Lipinski definition) is 1. The van der Waals surface area contributed by atoms with E-state index >= 15 is 0 Å². The molecule has 144 valence electrons. The number of carbonyl (C=O) groups excluding carboxylic acids is 1. The fourth-order valence-corrected chi connectivity index (χ4v) is 3.56. The van der Waals surface area contributed by atoms with Crippen LogP contribution >= 0.6 is 0 Å². The van der Waals surface area contributed by atoms with Crippen molar-refractivity contribution in [3.05, 3.63) is 30.0 Å². The van der Waals surface area contributed by atoms with Crippen LogP contribution in [0.25, 0.3) is 10.9 Å². The highest BCUT2D eigenvalue weighted by atomic mass is 16.5. The first-order chi connectivity index (χ1) is 12.4. The van der Waals surface area contributed by atoms with Crippen LogP contribution in [0, 0.1) is 0 Å². The minimum atomic E-state index is -0.135. The van der Waals surface area contributed by atoms with Gasteiger partial charge in [0, 0.05) is 42.1 Å². The summed E-state index contributed by atoms with van der Waals surface area (Å²) >= 11 is 0. The van der Waals surface area contributed by atoms with Crippen LogP contribution in [-0.2, 0) is 11.2 Å². The summed E-state index contributed by atoms with van der Waals surface area (Å²) in [7, 11) is 0. The van der Waals surface area contributed by atoms with Gasteiger partial charge in [0.05, 0.1) is 0 Å². The number of fused-ring (bicyclic) bond motifs is 1. The SMILES string of the molecule is CCCCCC(=O)Oc1cccc2[nH]cc(CCN(C(C)C)C(C)C)c12. The molecule has 0 unspecified atom stereocenters. The highest BCUT2D eigenvalue weighted by Crippen LogP contribution is 2.30. The van der Waals surface area contributed by atoms with Crippen molar-refractivity contribution in [1.82, 2.24) is 9.88 Å². The number of ether oxygens (including phenoxy) is 1. The zero-order chi connectivity index (χ0) is 19.1. The molecule has 0 radical (unpaired) electrons. The number of aromatic nitrogens is 1. The van der Waals surface area contributed by atoms with Crippen molar-refractivity contribution in [3.8, 4) is 5.75 Å². The molecule has 26 heavy (non-hydrogen) atoms. The van der Waals surface area contributed by atoms with Crippen molar-refractivity contribution < 1.29 is 9.53 Å². The van der Waals surface area contributed by atoms with Gasteiger partial charge in [-0.3, -0.25) is 9.69 Å². The summed E-state index contributed by atoms with van der Waals surface area (Å²) in [5.41, 5.74) is 2.24. The second-order valence-electron chi connectivity index (χ2n) is 7.60. The van der Waals surface area contributed by atoms with Crippen LogP contribution in [0.2, 0.25) is 0 Å². The maximum Gasteiger partial charge on any atom is 0.311 e. The summed E-state index contributed by atoms with van der Waals surface area (Å²) in [6.07, 6.45) is 6.53. The monoisotopic (exact) mass is 358 g/mol. The minimum absolute atomic E-state index is 0.135. The van der Waals surface area contributed by atoms with Crippen molar-refractivity contribution >= 4 is 16.9 Å². The number of nitrogens with one attached hydrogen (secondary N) is 1. The van der Waals surface area contributed by atoms with Crippen molar-refractivity contribution in [2.24, 2.45) is 0 Å². The molecule has 0 aliphatic rings. The van der Waals surface area contributed by atoms with Gasteiger partial charge in [-0.25, -0.2) is 0 Å². The summed E-state index contributed by atoms with van der Waals surface area (Å²) in [6, 6.07) is 6.90. The highest BCUT2D eigenvalue weighted by molar-refractivity contribution is 5.91. The second kappa shape index (κ2) is 9.77. The molecule has 0 aliphatic carbocycles. The van der Waals surface area contributed by atoms with Gasteiger partial charge < -0.3 is 9.72 Å². The average molecular weight is 359 g/mol. The third-order valence-corrected chi connectivity index (χ3v) is 4.92. The summed E-state index contributed by atoms with van der Waals surface area (Å²) in [5, 5.41) is 1.05. The lowest BCUT2D eigenvalue weighted by atomic mass is 10.1. The second-order valence-corrected chi connectivity index (χ2v) is 7.60. The number of H-pyrrole nitrogens is 1. The van der Waals surface area contributed by atoms with Gasteiger partial charge in [-0.05, 0) is 58.2 Å². The normalized spacial score (nSPS) is 11.8. The lowest BCUT2D eigenvalue weighted by Crippen LogP contribution is -2.38. The maximum atomic E-state index is 12.2. The zero-order valence-corrected chi connectivity index (χ0v) is 17.0. The zero-order valence-electron chi connectivity index (χ0n) is 17.0. The fourth-order valence-electron chi connectivity index (χ4n) is 3.56. The predicted molar refractivity (Wildman–Crippen MR) is 109 cm³/mol. The molecule has 1 aromatic carbocycles. The van der Waals surface area contributed by atoms with Crippen LogP contribution < -0.4 is 4.74 Å². The first-order valence-corrected chi connectivity index (χ1v) is 9.99. The number of carbonyl (C=O) groups is 1. The van der Waals surface area contributed by atoms with E-state index < -0.39 is 0 Å². The molecule has 1 N–H and O–H groups in total. The van der Waals surface area contributed by atoms with Crippen LogP contribution in [0.4, 0.5) is 0 Å². The fraction of sp³-hybridized carbons (Fsp3) is 0.591. The van der Waals surface area contributed by atoms with E-state index in [4.69, 9.17) is 4.74 Å². The van der Waals surface area contributed by atoms with E-state index in [2.05, 4.69) is 50.7 Å². The molecule has 0 saturated heterocycles. The smallest absolute Gasteiger partial charge is 0.311 e. The van der Waals surface area contributed by atoms with E-state index in [-0.39, 0.29) is 5.97 Å². The number of rotatable bonds is 10. The Bertz CT molecular complexity index is 695. The molecule has 0 amide bonds. The Kier molecular flexibility index (Phi) is 7.70. The highest BCUT2D eigenvalue weighted by Gasteiger charge is 2.16. The van der Waals surface area contributed by atoms with Gasteiger partial charge >= 0.3 is 5.97 Å². The van der Waals surface area contributed by atoms with Crippen molar-refractivity contribution in [1.29, 1.82) is 0 Å². The molecule has 0 bridgehead atoms. The molecule has 4 nitrogen and oxygen atoms in total. The number of aromatic amines is 1. The van der Waals surface area contributed by atoms with Gasteiger partial charge in [0.25, 0.3) is 0 Å². The number of esters is 1. The van der Waals surface area contributed by atoms with E-state index in [1.807, 2.05) is 18.2 Å². The van der Waals surface area contributed by atoms with Gasteiger partial charge in [-0.1, -0.05) is 25.8 Å². The molecule has 4 heteroatoms. The van der Waals surface area contributed by atoms with Gasteiger partial charge in [-0.2, -0.15) is 0 Å². The van der Waals surface area contributed by atoms with E-state index in [1.165, 1.54) is 5.56 Å². The third-order valence-electron chi connectivity index (χ3n) is 4.92. The van der Waals surface area contributed by atoms with Crippen molar-refractivity contribution in [2.45, 2.75) is 78.8 Å². The largest absolute Gasteiger partial charge is 0.426 e. The van der Waals surface area contributed by atoms with Crippen LogP contribution in [0.5, 0.6) is 5.75 Å². The first-order valence-electron chi connectivity index (χ1n) is 9.99. The summed E-state index contributed by atoms with van der Waals surface area (Å²) in [4.78, 5) is 18.0. The molecule has 1 heterocycles. The van der Waals surface area contributed by atoms with Gasteiger partial charge in [0.2, 0.25) is 0 Å². The van der Waals surface area contributed by atoms with Crippen LogP contribution in [0.15, 0.2) is 24.4 Å². The number of unbranched alkanes of at least 4 members (excludes halogenated alkanes) is 2. The standard InChI is InChI=1S/C22H34N2O2/c1-6-7-8-12-21(25)26-20-11-9-10-19-22(20)18(15-23-19)13-14-24(16(2)3)17(4)5/h9-11,15-17,23H,6-8,12-14H2,1-5H3. The molecule has 0 aliphatic heterocycles. The van der Waals surface area contributed by atoms with Gasteiger partial charge in [0.15, 0.2) is 0 Å². The number of hydrogen-bond acceptors (Lipinski definition) is 3. The van der Waals surface area contributed by atoms with E-state index in [1.54, 1.807) is 0 Å². The van der Waals surface area contributed by atoms with Crippen molar-refractivity contribution in [3.63, 3.8) is 0 Å². The molecule has 2 rings (SSSR count). The van der Waals surface area contributed by atoms with Gasteiger partial charge in [-0.15, -0.1) is 0 Å². The molecule has 0 atom stereocenters. The summed E-state index contributed by atoms with van der Waals surface area (Å²) in [5.74, 6) is 0.546. The maximum absolute atomic E-state index is 12.2. The molecule has 0 saturated carbocycles. The Labute approximate surface area is 157 Å². The Morgan fingerprint density at radius 3 is 2.54 bits per heavy atom. The van der Waals surface area contributed by atoms with Crippen LogP contribution in [0.3, 0.4) is 0 Å². The van der Waals surface area contributed by atoms with E-state index in [9.17, 15) is 4.79 Å². The average Bonchev–Trinajstić information content (AvgIpc) is 2.99. The Balaban J connectivity index is 2.15. The quantitative estimate of drug-likeness (QED) is 0.355. The van der Waals surface area contributed by atoms with Crippen LogP contribution in [0.1, 0.15) is 65.9 Å². The molecule has 0 spiro atoms. The number of benzene rings is 1. The molecular weight excluding hydrogens is 324 g/mol. The Morgan fingerprint density at radius 1 is 1.15 bits per heavy atom. The van der Waals surface area contributed by atoms with Crippen LogP contribution in [-0.4, -0.2) is 34.5 Å². The molecule has 1 aromatic heterocycles. The van der Waals surface area contributed by atoms with E-state index in [0.29, 0.717) is 24.3 Å². The number of nitrogens with zero attached hydrogens (tertiary/aromatic N) is 1. The lowest BCUT2D eigenvalue weighted by molar-refractivity contribution is -0.134. The molecule has 2 aromatic rings. The van der Waals surface area contributed by atoms with E-state index in [0.717, 1.165) is 43.1 Å². The minimum Gasteiger partial charge on any atom is -0.426 e. The summed E-state index contributed by atoms with van der Waals surface area (Å²) in [6.45, 7) is 12.1. The summed E-state index contributed by atoms with van der Waals surface area (Å²) < 4.78 is 5.70. The topological polar surface area (TPSA) is 45.3 Å². The predicted octanol–water partition coefficient (Wildman–Crippen LogP) is 5.31. The third kappa shape index (κ3) is 5.34. The Morgan fingerprint density at radius 2 is 1.88 bits per heavy atom. The van der Waals surface area contributed by atoms with Gasteiger partial charge in [0.1, 0.15) is 5.75 Å². The molecular formula is C22H34N2O2. The van der Waals surface area contributed by atoms with Crippen molar-refractivity contribution in [2.75, 3.05) is 6.54 Å². The molecule has 0 fully saturated rings. The first kappa shape index (κ1) is 20.5. The lowest BCUT2D eigenvalue weighted by Gasteiger charge is -2.30. The Hall–Kier alpha value is -1.81.